The molecule has 0 aliphatic rings. The molecule has 0 aromatic carbocycles. The number of carboxylic acid groups (broad SMARTS) is 1. The standard InChI is InChI=1S/C9H18O5/c1-6(2)13-4-8(10)5-14-7(3)9(11)12/h6-8,10H,4-5H2,1-3H3,(H,11,12)/t7-,8?/m1/s1. The molecule has 0 amide bonds. The Morgan fingerprint density at radius 1 is 1.21 bits per heavy atom. The van der Waals surface area contributed by atoms with E-state index in [1.54, 1.807) is 0 Å². The highest BCUT2D eigenvalue weighted by Gasteiger charge is 2.13. The van der Waals surface area contributed by atoms with Crippen molar-refractivity contribution in [1.29, 1.82) is 0 Å². The summed E-state index contributed by atoms with van der Waals surface area (Å²) in [7, 11) is 0. The lowest BCUT2D eigenvalue weighted by Crippen LogP contribution is -2.29. The fourth-order valence-electron chi connectivity index (χ4n) is 0.678. The van der Waals surface area contributed by atoms with Gasteiger partial charge in [0.15, 0.2) is 6.10 Å². The highest BCUT2D eigenvalue weighted by molar-refractivity contribution is 5.71. The largest absolute Gasteiger partial charge is 0.479 e. The number of rotatable bonds is 7. The van der Waals surface area contributed by atoms with Gasteiger partial charge in [0.25, 0.3) is 0 Å². The van der Waals surface area contributed by atoms with Gasteiger partial charge >= 0.3 is 5.97 Å². The van der Waals surface area contributed by atoms with Gasteiger partial charge in [-0.15, -0.1) is 0 Å². The summed E-state index contributed by atoms with van der Waals surface area (Å²) < 4.78 is 9.99. The van der Waals surface area contributed by atoms with Gasteiger partial charge in [-0.25, -0.2) is 4.79 Å². The predicted molar refractivity (Wildman–Crippen MR) is 50.1 cm³/mol. The first-order chi connectivity index (χ1) is 6.43. The Balaban J connectivity index is 3.53. The monoisotopic (exact) mass is 206 g/mol. The molecule has 0 aromatic rings. The van der Waals surface area contributed by atoms with Crippen LogP contribution in [0.3, 0.4) is 0 Å². The summed E-state index contributed by atoms with van der Waals surface area (Å²) >= 11 is 0. The normalized spacial score (nSPS) is 15.5. The Morgan fingerprint density at radius 2 is 1.71 bits per heavy atom. The maximum absolute atomic E-state index is 10.3. The van der Waals surface area contributed by atoms with E-state index in [0.29, 0.717) is 0 Å². The lowest BCUT2D eigenvalue weighted by atomic mass is 10.3. The van der Waals surface area contributed by atoms with Crippen LogP contribution >= 0.6 is 0 Å². The van der Waals surface area contributed by atoms with E-state index in [1.807, 2.05) is 13.8 Å². The quantitative estimate of drug-likeness (QED) is 0.625. The highest BCUT2D eigenvalue weighted by Crippen LogP contribution is 1.96. The van der Waals surface area contributed by atoms with Gasteiger partial charge < -0.3 is 19.7 Å². The first kappa shape index (κ1) is 13.4. The topological polar surface area (TPSA) is 76.0 Å². The van der Waals surface area contributed by atoms with Gasteiger partial charge in [-0.1, -0.05) is 0 Å². The third-order valence-electron chi connectivity index (χ3n) is 1.51. The zero-order valence-corrected chi connectivity index (χ0v) is 8.77. The first-order valence-electron chi connectivity index (χ1n) is 4.57. The Morgan fingerprint density at radius 3 is 2.14 bits per heavy atom. The number of carbonyl (C=O) groups is 1. The van der Waals surface area contributed by atoms with E-state index in [0.717, 1.165) is 0 Å². The number of aliphatic hydroxyl groups is 1. The minimum atomic E-state index is -1.04. The van der Waals surface area contributed by atoms with Gasteiger partial charge in [0.1, 0.15) is 6.10 Å². The van der Waals surface area contributed by atoms with Crippen molar-refractivity contribution in [3.05, 3.63) is 0 Å². The smallest absolute Gasteiger partial charge is 0.332 e. The summed E-state index contributed by atoms with van der Waals surface area (Å²) in [4.78, 5) is 10.3. The maximum Gasteiger partial charge on any atom is 0.332 e. The number of aliphatic carboxylic acids is 1. The van der Waals surface area contributed by atoms with E-state index in [2.05, 4.69) is 0 Å². The second-order valence-electron chi connectivity index (χ2n) is 3.35. The fourth-order valence-corrected chi connectivity index (χ4v) is 0.678. The van der Waals surface area contributed by atoms with E-state index in [9.17, 15) is 9.90 Å². The zero-order valence-electron chi connectivity index (χ0n) is 8.77. The van der Waals surface area contributed by atoms with Crippen LogP contribution in [-0.2, 0) is 14.3 Å². The Bertz CT molecular complexity index is 169. The number of ether oxygens (including phenoxy) is 2. The average Bonchev–Trinajstić information content (AvgIpc) is 2.10. The first-order valence-corrected chi connectivity index (χ1v) is 4.57. The summed E-state index contributed by atoms with van der Waals surface area (Å²) in [5.74, 6) is -1.04. The number of aliphatic hydroxyl groups excluding tert-OH is 1. The molecule has 0 heterocycles. The van der Waals surface area contributed by atoms with Gasteiger partial charge in [0, 0.05) is 0 Å². The van der Waals surface area contributed by atoms with Gasteiger partial charge in [-0.05, 0) is 20.8 Å². The molecule has 0 bridgehead atoms. The van der Waals surface area contributed by atoms with Crippen LogP contribution in [0, 0.1) is 0 Å². The molecule has 0 aliphatic carbocycles. The van der Waals surface area contributed by atoms with Crippen LogP contribution in [-0.4, -0.2) is 47.7 Å². The van der Waals surface area contributed by atoms with Crippen molar-refractivity contribution < 1.29 is 24.5 Å². The van der Waals surface area contributed by atoms with E-state index < -0.39 is 18.2 Å². The lowest BCUT2D eigenvalue weighted by molar-refractivity contribution is -0.151. The van der Waals surface area contributed by atoms with Crippen molar-refractivity contribution in [3.8, 4) is 0 Å². The summed E-state index contributed by atoms with van der Waals surface area (Å²) in [5.41, 5.74) is 0. The van der Waals surface area contributed by atoms with Crippen LogP contribution in [0.2, 0.25) is 0 Å². The highest BCUT2D eigenvalue weighted by atomic mass is 16.5. The minimum absolute atomic E-state index is 0.0276. The van der Waals surface area contributed by atoms with E-state index in [4.69, 9.17) is 14.6 Å². The molecule has 2 N–H and O–H groups in total. The maximum atomic E-state index is 10.3. The van der Waals surface area contributed by atoms with E-state index in [1.165, 1.54) is 6.92 Å². The van der Waals surface area contributed by atoms with Crippen LogP contribution in [0.15, 0.2) is 0 Å². The molecular weight excluding hydrogens is 188 g/mol. The van der Waals surface area contributed by atoms with Crippen molar-refractivity contribution in [2.45, 2.75) is 39.1 Å². The summed E-state index contributed by atoms with van der Waals surface area (Å²) in [6.07, 6.45) is -1.63. The summed E-state index contributed by atoms with van der Waals surface area (Å²) in [5, 5.41) is 17.8. The van der Waals surface area contributed by atoms with Crippen LogP contribution < -0.4 is 0 Å². The van der Waals surface area contributed by atoms with Crippen molar-refractivity contribution in [2.24, 2.45) is 0 Å². The molecule has 0 aliphatic heterocycles. The Kier molecular flexibility index (Phi) is 6.44. The van der Waals surface area contributed by atoms with Crippen LogP contribution in [0.5, 0.6) is 0 Å². The minimum Gasteiger partial charge on any atom is -0.479 e. The van der Waals surface area contributed by atoms with Crippen molar-refractivity contribution in [1.82, 2.24) is 0 Å². The molecule has 0 spiro atoms. The van der Waals surface area contributed by atoms with Gasteiger partial charge in [0.2, 0.25) is 0 Å². The number of hydrogen-bond acceptors (Lipinski definition) is 4. The van der Waals surface area contributed by atoms with Crippen molar-refractivity contribution in [3.63, 3.8) is 0 Å². The van der Waals surface area contributed by atoms with Gasteiger partial charge in [0.05, 0.1) is 19.3 Å². The Labute approximate surface area is 83.6 Å². The van der Waals surface area contributed by atoms with Crippen LogP contribution in [0.25, 0.3) is 0 Å². The molecule has 0 radical (unpaired) electrons. The Hall–Kier alpha value is -0.650. The summed E-state index contributed by atoms with van der Waals surface area (Å²) in [6, 6.07) is 0. The predicted octanol–water partition coefficient (Wildman–Crippen LogP) is 0.262. The molecule has 0 saturated carbocycles. The van der Waals surface area contributed by atoms with Crippen LogP contribution in [0.4, 0.5) is 0 Å². The second kappa shape index (κ2) is 6.75. The van der Waals surface area contributed by atoms with E-state index >= 15 is 0 Å². The second-order valence-corrected chi connectivity index (χ2v) is 3.35. The molecule has 5 nitrogen and oxygen atoms in total. The van der Waals surface area contributed by atoms with E-state index in [-0.39, 0.29) is 19.3 Å². The molecule has 0 aromatic heterocycles. The number of carboxylic acids is 1. The zero-order chi connectivity index (χ0) is 11.1. The molecule has 1 unspecified atom stereocenters. The SMILES string of the molecule is CC(C)OCC(O)CO[C@H](C)C(=O)O. The molecule has 84 valence electrons. The third-order valence-corrected chi connectivity index (χ3v) is 1.51. The van der Waals surface area contributed by atoms with Gasteiger partial charge in [-0.3, -0.25) is 0 Å². The molecule has 0 saturated heterocycles. The van der Waals surface area contributed by atoms with Crippen molar-refractivity contribution in [2.75, 3.05) is 13.2 Å². The number of hydrogen-bond donors (Lipinski definition) is 2. The molecule has 14 heavy (non-hydrogen) atoms. The van der Waals surface area contributed by atoms with Crippen molar-refractivity contribution >= 4 is 5.97 Å². The van der Waals surface area contributed by atoms with Crippen LogP contribution in [0.1, 0.15) is 20.8 Å². The molecule has 5 heteroatoms. The third kappa shape index (κ3) is 6.82. The fraction of sp³-hybridized carbons (Fsp3) is 0.889. The molecule has 0 rings (SSSR count). The summed E-state index contributed by atoms with van der Waals surface area (Å²) in [6.45, 7) is 5.25. The molecule has 0 fully saturated rings. The lowest BCUT2D eigenvalue weighted by Gasteiger charge is -2.15. The van der Waals surface area contributed by atoms with Gasteiger partial charge in [-0.2, -0.15) is 0 Å². The average molecular weight is 206 g/mol. The molecular formula is C9H18O5. The molecule has 2 atom stereocenters.